The smallest absolute Gasteiger partial charge is 0.417 e. The maximum atomic E-state index is 12.8. The Morgan fingerprint density at radius 1 is 1.10 bits per heavy atom. The third-order valence-corrected chi connectivity index (χ3v) is 3.26. The SMILES string of the molecule is N#Cc1ccc(OCc2ccc(Br)cc2)cc1C(F)(F)F. The van der Waals surface area contributed by atoms with E-state index in [4.69, 9.17) is 10.00 Å². The minimum Gasteiger partial charge on any atom is -0.489 e. The summed E-state index contributed by atoms with van der Waals surface area (Å²) in [6.07, 6.45) is -4.58. The maximum absolute atomic E-state index is 12.8. The van der Waals surface area contributed by atoms with Crippen LogP contribution in [0.2, 0.25) is 0 Å². The molecule has 0 aliphatic rings. The summed E-state index contributed by atoms with van der Waals surface area (Å²) in [5, 5.41) is 8.71. The van der Waals surface area contributed by atoms with Crippen molar-refractivity contribution < 1.29 is 17.9 Å². The highest BCUT2D eigenvalue weighted by atomic mass is 79.9. The van der Waals surface area contributed by atoms with Gasteiger partial charge in [-0.3, -0.25) is 0 Å². The van der Waals surface area contributed by atoms with Gasteiger partial charge in [0.2, 0.25) is 0 Å². The van der Waals surface area contributed by atoms with Crippen molar-refractivity contribution in [1.29, 1.82) is 5.26 Å². The largest absolute Gasteiger partial charge is 0.489 e. The number of hydrogen-bond acceptors (Lipinski definition) is 2. The fourth-order valence-electron chi connectivity index (χ4n) is 1.69. The van der Waals surface area contributed by atoms with E-state index in [1.54, 1.807) is 12.1 Å². The van der Waals surface area contributed by atoms with Crippen molar-refractivity contribution in [2.45, 2.75) is 12.8 Å². The van der Waals surface area contributed by atoms with Crippen LogP contribution in [0, 0.1) is 11.3 Å². The molecule has 0 atom stereocenters. The second kappa shape index (κ2) is 6.19. The zero-order chi connectivity index (χ0) is 15.5. The average Bonchev–Trinajstić information content (AvgIpc) is 2.45. The van der Waals surface area contributed by atoms with Crippen molar-refractivity contribution in [3.63, 3.8) is 0 Å². The van der Waals surface area contributed by atoms with Gasteiger partial charge in [0.25, 0.3) is 0 Å². The Morgan fingerprint density at radius 2 is 1.76 bits per heavy atom. The van der Waals surface area contributed by atoms with Crippen molar-refractivity contribution in [3.8, 4) is 11.8 Å². The molecule has 2 nitrogen and oxygen atoms in total. The van der Waals surface area contributed by atoms with Crippen LogP contribution in [0.4, 0.5) is 13.2 Å². The highest BCUT2D eigenvalue weighted by molar-refractivity contribution is 9.10. The molecule has 2 aromatic rings. The lowest BCUT2D eigenvalue weighted by Crippen LogP contribution is -2.08. The van der Waals surface area contributed by atoms with Crippen LogP contribution < -0.4 is 4.74 Å². The Labute approximate surface area is 127 Å². The Morgan fingerprint density at radius 3 is 2.33 bits per heavy atom. The number of ether oxygens (including phenoxy) is 1. The number of nitriles is 1. The first-order valence-electron chi connectivity index (χ1n) is 5.89. The molecule has 0 aliphatic carbocycles. The van der Waals surface area contributed by atoms with E-state index in [0.717, 1.165) is 22.2 Å². The van der Waals surface area contributed by atoms with Crippen molar-refractivity contribution in [1.82, 2.24) is 0 Å². The molecule has 0 bridgehead atoms. The molecular weight excluding hydrogens is 347 g/mol. The van der Waals surface area contributed by atoms with Crippen LogP contribution in [-0.2, 0) is 12.8 Å². The first kappa shape index (κ1) is 15.4. The quantitative estimate of drug-likeness (QED) is 0.782. The van der Waals surface area contributed by atoms with Gasteiger partial charge in [0, 0.05) is 4.47 Å². The van der Waals surface area contributed by atoms with Gasteiger partial charge in [-0.25, -0.2) is 0 Å². The summed E-state index contributed by atoms with van der Waals surface area (Å²) in [6.45, 7) is 0.149. The minimum atomic E-state index is -4.58. The van der Waals surface area contributed by atoms with Gasteiger partial charge < -0.3 is 4.74 Å². The van der Waals surface area contributed by atoms with Crippen molar-refractivity contribution in [2.24, 2.45) is 0 Å². The van der Waals surface area contributed by atoms with Crippen molar-refractivity contribution >= 4 is 15.9 Å². The van der Waals surface area contributed by atoms with Crippen LogP contribution in [0.1, 0.15) is 16.7 Å². The van der Waals surface area contributed by atoms with E-state index in [9.17, 15) is 13.2 Å². The number of alkyl halides is 3. The lowest BCUT2D eigenvalue weighted by Gasteiger charge is -2.12. The number of benzene rings is 2. The Hall–Kier alpha value is -2.00. The van der Waals surface area contributed by atoms with Crippen LogP contribution in [0.25, 0.3) is 0 Å². The molecule has 108 valence electrons. The van der Waals surface area contributed by atoms with Gasteiger partial charge in [-0.15, -0.1) is 0 Å². The highest BCUT2D eigenvalue weighted by Crippen LogP contribution is 2.34. The third-order valence-electron chi connectivity index (χ3n) is 2.74. The standard InChI is InChI=1S/C15H9BrF3NO/c16-12-4-1-10(2-5-12)9-21-13-6-3-11(8-20)14(7-13)15(17,18)19/h1-7H,9H2. The number of nitrogens with zero attached hydrogens (tertiary/aromatic N) is 1. The van der Waals surface area contributed by atoms with E-state index in [2.05, 4.69) is 15.9 Å². The average molecular weight is 356 g/mol. The minimum absolute atomic E-state index is 0.0734. The Balaban J connectivity index is 2.18. The first-order chi connectivity index (χ1) is 9.90. The molecule has 0 spiro atoms. The van der Waals surface area contributed by atoms with Crippen molar-refractivity contribution in [3.05, 3.63) is 63.6 Å². The van der Waals surface area contributed by atoms with E-state index in [-0.39, 0.29) is 12.4 Å². The molecule has 0 heterocycles. The summed E-state index contributed by atoms with van der Waals surface area (Å²) < 4.78 is 44.7. The molecule has 21 heavy (non-hydrogen) atoms. The summed E-state index contributed by atoms with van der Waals surface area (Å²) in [6, 6.07) is 12.1. The number of rotatable bonds is 3. The molecule has 0 unspecified atom stereocenters. The summed E-state index contributed by atoms with van der Waals surface area (Å²) in [4.78, 5) is 0. The van der Waals surface area contributed by atoms with Gasteiger partial charge in [-0.2, -0.15) is 18.4 Å². The second-order valence-corrected chi connectivity index (χ2v) is 5.15. The van der Waals surface area contributed by atoms with Crippen LogP contribution in [0.15, 0.2) is 46.9 Å². The molecular formula is C15H9BrF3NO. The van der Waals surface area contributed by atoms with E-state index in [1.807, 2.05) is 12.1 Å². The maximum Gasteiger partial charge on any atom is 0.417 e. The van der Waals surface area contributed by atoms with E-state index in [1.165, 1.54) is 12.1 Å². The fourth-order valence-corrected chi connectivity index (χ4v) is 1.96. The topological polar surface area (TPSA) is 33.0 Å². The molecule has 6 heteroatoms. The van der Waals surface area contributed by atoms with E-state index < -0.39 is 17.3 Å². The summed E-state index contributed by atoms with van der Waals surface area (Å²) in [7, 11) is 0. The van der Waals surface area contributed by atoms with Crippen LogP contribution in [0.3, 0.4) is 0 Å². The second-order valence-electron chi connectivity index (χ2n) is 4.23. The molecule has 0 saturated heterocycles. The number of halogens is 4. The van der Waals surface area contributed by atoms with Crippen LogP contribution >= 0.6 is 15.9 Å². The molecule has 2 rings (SSSR count). The van der Waals surface area contributed by atoms with Gasteiger partial charge in [0.15, 0.2) is 0 Å². The molecule has 0 saturated carbocycles. The fraction of sp³-hybridized carbons (Fsp3) is 0.133. The zero-order valence-corrected chi connectivity index (χ0v) is 12.2. The molecule has 0 aromatic heterocycles. The van der Waals surface area contributed by atoms with Gasteiger partial charge in [-0.1, -0.05) is 28.1 Å². The summed E-state index contributed by atoms with van der Waals surface area (Å²) in [5.74, 6) is 0.0734. The number of hydrogen-bond donors (Lipinski definition) is 0. The summed E-state index contributed by atoms with van der Waals surface area (Å²) in [5.41, 5.74) is -0.576. The van der Waals surface area contributed by atoms with Gasteiger partial charge in [-0.05, 0) is 35.9 Å². The first-order valence-corrected chi connectivity index (χ1v) is 6.68. The monoisotopic (exact) mass is 355 g/mol. The molecule has 0 radical (unpaired) electrons. The highest BCUT2D eigenvalue weighted by Gasteiger charge is 2.34. The molecule has 0 aliphatic heterocycles. The van der Waals surface area contributed by atoms with Crippen molar-refractivity contribution in [2.75, 3.05) is 0 Å². The Bertz CT molecular complexity index is 675. The van der Waals surface area contributed by atoms with Gasteiger partial charge >= 0.3 is 6.18 Å². The normalized spacial score (nSPS) is 11.0. The third kappa shape index (κ3) is 3.99. The molecule has 2 aromatic carbocycles. The molecule has 0 fully saturated rings. The van der Waals surface area contributed by atoms with Gasteiger partial charge in [0.05, 0.1) is 17.2 Å². The zero-order valence-electron chi connectivity index (χ0n) is 10.6. The molecule has 0 amide bonds. The summed E-state index contributed by atoms with van der Waals surface area (Å²) >= 11 is 3.29. The van der Waals surface area contributed by atoms with E-state index in [0.29, 0.717) is 0 Å². The molecule has 0 N–H and O–H groups in total. The predicted octanol–water partition coefficient (Wildman–Crippen LogP) is 4.92. The van der Waals surface area contributed by atoms with Crippen LogP contribution in [-0.4, -0.2) is 0 Å². The van der Waals surface area contributed by atoms with E-state index >= 15 is 0 Å². The predicted molar refractivity (Wildman–Crippen MR) is 74.6 cm³/mol. The van der Waals surface area contributed by atoms with Gasteiger partial charge in [0.1, 0.15) is 12.4 Å². The van der Waals surface area contributed by atoms with Crippen LogP contribution in [0.5, 0.6) is 5.75 Å². The Kier molecular flexibility index (Phi) is 4.53. The lowest BCUT2D eigenvalue weighted by molar-refractivity contribution is -0.137. The lowest BCUT2D eigenvalue weighted by atomic mass is 10.1.